The highest BCUT2D eigenvalue weighted by atomic mass is 35.5. The number of H-pyrrole nitrogens is 1. The van der Waals surface area contributed by atoms with Crippen LogP contribution in [0.1, 0.15) is 0 Å². The van der Waals surface area contributed by atoms with Crippen LogP contribution in [0.25, 0.3) is 11.4 Å². The highest BCUT2D eigenvalue weighted by molar-refractivity contribution is 6.35. The lowest BCUT2D eigenvalue weighted by Gasteiger charge is -1.98. The van der Waals surface area contributed by atoms with Crippen molar-refractivity contribution in [2.45, 2.75) is 0 Å². The predicted molar refractivity (Wildman–Crippen MR) is 68.5 cm³/mol. The average molecular weight is 286 g/mol. The molecule has 0 bridgehead atoms. The number of nitrogens with zero attached hydrogens (tertiary/aromatic N) is 1. The summed E-state index contributed by atoms with van der Waals surface area (Å²) >= 11 is 11.7. The summed E-state index contributed by atoms with van der Waals surface area (Å²) in [5.41, 5.74) is 0.891. The van der Waals surface area contributed by atoms with Crippen LogP contribution in [0.5, 0.6) is 0 Å². The second-order valence-electron chi connectivity index (χ2n) is 2.60. The van der Waals surface area contributed by atoms with E-state index in [9.17, 15) is 0 Å². The molecule has 1 aromatic heterocycles. The number of aromatic nitrogens is 2. The molecule has 0 aliphatic rings. The maximum Gasteiger partial charge on any atom is 0.137 e. The summed E-state index contributed by atoms with van der Waals surface area (Å²) in [4.78, 5) is 7.08. The second-order valence-corrected chi connectivity index (χ2v) is 3.47. The van der Waals surface area contributed by atoms with Gasteiger partial charge in [-0.1, -0.05) is 23.2 Å². The SMILES string of the molecule is Cl.Cl.Clc1cc(Cl)cc(-c2ncc[nH]2)c1. The van der Waals surface area contributed by atoms with Crippen LogP contribution in [0, 0.1) is 0 Å². The van der Waals surface area contributed by atoms with Crippen molar-refractivity contribution < 1.29 is 0 Å². The molecule has 1 aromatic carbocycles. The van der Waals surface area contributed by atoms with Gasteiger partial charge < -0.3 is 4.98 Å². The Labute approximate surface area is 110 Å². The first-order valence-corrected chi connectivity index (χ1v) is 4.47. The summed E-state index contributed by atoms with van der Waals surface area (Å²) in [5, 5.41) is 1.22. The number of rotatable bonds is 1. The van der Waals surface area contributed by atoms with E-state index in [-0.39, 0.29) is 24.8 Å². The van der Waals surface area contributed by atoms with Crippen LogP contribution < -0.4 is 0 Å². The number of imidazole rings is 1. The van der Waals surface area contributed by atoms with E-state index in [1.165, 1.54) is 0 Å². The zero-order valence-electron chi connectivity index (χ0n) is 7.41. The van der Waals surface area contributed by atoms with Crippen LogP contribution in [0.2, 0.25) is 10.0 Å². The number of benzene rings is 1. The van der Waals surface area contributed by atoms with E-state index in [1.54, 1.807) is 18.5 Å². The molecule has 1 N–H and O–H groups in total. The molecule has 0 fully saturated rings. The van der Waals surface area contributed by atoms with Crippen molar-refractivity contribution in [2.24, 2.45) is 0 Å². The lowest BCUT2D eigenvalue weighted by atomic mass is 10.2. The highest BCUT2D eigenvalue weighted by Crippen LogP contribution is 2.24. The molecule has 2 aromatic rings. The molecule has 0 radical (unpaired) electrons. The van der Waals surface area contributed by atoms with E-state index in [0.717, 1.165) is 11.4 Å². The Hall–Kier alpha value is -0.410. The molecule has 0 saturated carbocycles. The van der Waals surface area contributed by atoms with Crippen LogP contribution in [-0.4, -0.2) is 9.97 Å². The van der Waals surface area contributed by atoms with Crippen molar-refractivity contribution in [2.75, 3.05) is 0 Å². The monoisotopic (exact) mass is 284 g/mol. The van der Waals surface area contributed by atoms with Gasteiger partial charge >= 0.3 is 0 Å². The minimum Gasteiger partial charge on any atom is -0.345 e. The fraction of sp³-hybridized carbons (Fsp3) is 0. The number of hydrogen-bond acceptors (Lipinski definition) is 1. The van der Waals surface area contributed by atoms with E-state index in [1.807, 2.05) is 12.1 Å². The maximum absolute atomic E-state index is 5.84. The van der Waals surface area contributed by atoms with Crippen LogP contribution >= 0.6 is 48.0 Å². The molecule has 0 unspecified atom stereocenters. The molecule has 6 heteroatoms. The van der Waals surface area contributed by atoms with Crippen LogP contribution in [-0.2, 0) is 0 Å². The molecule has 2 nitrogen and oxygen atoms in total. The summed E-state index contributed by atoms with van der Waals surface area (Å²) in [6.07, 6.45) is 3.44. The summed E-state index contributed by atoms with van der Waals surface area (Å²) in [5.74, 6) is 0.768. The fourth-order valence-electron chi connectivity index (χ4n) is 1.11. The summed E-state index contributed by atoms with van der Waals surface area (Å²) in [7, 11) is 0. The number of hydrogen-bond donors (Lipinski definition) is 1. The Morgan fingerprint density at radius 2 is 1.60 bits per heavy atom. The second kappa shape index (κ2) is 6.23. The number of nitrogens with one attached hydrogen (secondary N) is 1. The zero-order chi connectivity index (χ0) is 9.26. The van der Waals surface area contributed by atoms with Gasteiger partial charge in [0, 0.05) is 28.0 Å². The Kier molecular flexibility index (Phi) is 6.06. The van der Waals surface area contributed by atoms with Crippen molar-refractivity contribution >= 4 is 48.0 Å². The third-order valence-corrected chi connectivity index (χ3v) is 2.07. The largest absolute Gasteiger partial charge is 0.345 e. The van der Waals surface area contributed by atoms with Gasteiger partial charge in [0.15, 0.2) is 0 Å². The van der Waals surface area contributed by atoms with Crippen molar-refractivity contribution in [1.29, 1.82) is 0 Å². The number of halogens is 4. The minimum absolute atomic E-state index is 0. The van der Waals surface area contributed by atoms with E-state index in [2.05, 4.69) is 9.97 Å². The van der Waals surface area contributed by atoms with Gasteiger partial charge in [-0.2, -0.15) is 0 Å². The van der Waals surface area contributed by atoms with Gasteiger partial charge in [-0.05, 0) is 18.2 Å². The third kappa shape index (κ3) is 3.58. The quantitative estimate of drug-likeness (QED) is 0.835. The standard InChI is InChI=1S/C9H6Cl2N2.2ClH/c10-7-3-6(4-8(11)5-7)9-12-1-2-13-9;;/h1-5H,(H,12,13);2*1H. The van der Waals surface area contributed by atoms with E-state index < -0.39 is 0 Å². The van der Waals surface area contributed by atoms with Crippen molar-refractivity contribution in [3.63, 3.8) is 0 Å². The maximum atomic E-state index is 5.84. The van der Waals surface area contributed by atoms with Gasteiger partial charge in [0.1, 0.15) is 5.82 Å². The molecule has 0 saturated heterocycles. The summed E-state index contributed by atoms with van der Waals surface area (Å²) < 4.78 is 0. The molecule has 15 heavy (non-hydrogen) atoms. The van der Waals surface area contributed by atoms with E-state index in [0.29, 0.717) is 10.0 Å². The molecular formula is C9H8Cl4N2. The molecule has 82 valence electrons. The lowest BCUT2D eigenvalue weighted by molar-refractivity contribution is 1.31. The average Bonchev–Trinajstić information content (AvgIpc) is 2.53. The summed E-state index contributed by atoms with van der Waals surface area (Å²) in [6.45, 7) is 0. The smallest absolute Gasteiger partial charge is 0.137 e. The fourth-order valence-corrected chi connectivity index (χ4v) is 1.64. The van der Waals surface area contributed by atoms with Crippen molar-refractivity contribution in [3.05, 3.63) is 40.6 Å². The van der Waals surface area contributed by atoms with Crippen LogP contribution in [0.3, 0.4) is 0 Å². The summed E-state index contributed by atoms with van der Waals surface area (Å²) in [6, 6.07) is 5.31. The van der Waals surface area contributed by atoms with Gasteiger partial charge in [-0.3, -0.25) is 0 Å². The topological polar surface area (TPSA) is 28.7 Å². The van der Waals surface area contributed by atoms with Gasteiger partial charge in [0.25, 0.3) is 0 Å². The predicted octanol–water partition coefficient (Wildman–Crippen LogP) is 4.23. The van der Waals surface area contributed by atoms with Gasteiger partial charge in [0.05, 0.1) is 0 Å². The minimum atomic E-state index is 0. The van der Waals surface area contributed by atoms with Gasteiger partial charge in [-0.25, -0.2) is 4.98 Å². The molecule has 0 atom stereocenters. The lowest BCUT2D eigenvalue weighted by Crippen LogP contribution is -1.80. The Morgan fingerprint density at radius 1 is 1.00 bits per heavy atom. The zero-order valence-corrected chi connectivity index (χ0v) is 10.6. The highest BCUT2D eigenvalue weighted by Gasteiger charge is 2.02. The Morgan fingerprint density at radius 3 is 2.07 bits per heavy atom. The first-order valence-electron chi connectivity index (χ1n) is 3.71. The molecule has 0 spiro atoms. The van der Waals surface area contributed by atoms with Crippen molar-refractivity contribution in [1.82, 2.24) is 9.97 Å². The molecular weight excluding hydrogens is 278 g/mol. The van der Waals surface area contributed by atoms with Gasteiger partial charge in [0.2, 0.25) is 0 Å². The van der Waals surface area contributed by atoms with E-state index >= 15 is 0 Å². The Balaban J connectivity index is 0.000000980. The normalized spacial score (nSPS) is 8.93. The first kappa shape index (κ1) is 14.6. The van der Waals surface area contributed by atoms with Crippen LogP contribution in [0.15, 0.2) is 30.6 Å². The molecule has 0 aliphatic heterocycles. The van der Waals surface area contributed by atoms with Crippen molar-refractivity contribution in [3.8, 4) is 11.4 Å². The molecule has 1 heterocycles. The van der Waals surface area contributed by atoms with Gasteiger partial charge in [-0.15, -0.1) is 24.8 Å². The van der Waals surface area contributed by atoms with E-state index in [4.69, 9.17) is 23.2 Å². The third-order valence-electron chi connectivity index (χ3n) is 1.63. The molecule has 2 rings (SSSR count). The Bertz CT molecular complexity index is 394. The molecule has 0 aliphatic carbocycles. The first-order chi connectivity index (χ1) is 6.25. The van der Waals surface area contributed by atoms with Crippen LogP contribution in [0.4, 0.5) is 0 Å². The number of aromatic amines is 1. The molecule has 0 amide bonds.